The number of amides is 1. The number of rotatable bonds is 5. The third-order valence-corrected chi connectivity index (χ3v) is 4.44. The predicted octanol–water partition coefficient (Wildman–Crippen LogP) is 4.27. The quantitative estimate of drug-likeness (QED) is 0.862. The number of piperidine rings is 1. The van der Waals surface area contributed by atoms with Gasteiger partial charge in [0.25, 0.3) is 0 Å². The lowest BCUT2D eigenvalue weighted by Gasteiger charge is -2.30. The molecule has 1 saturated heterocycles. The van der Waals surface area contributed by atoms with E-state index >= 15 is 0 Å². The van der Waals surface area contributed by atoms with Crippen molar-refractivity contribution in [3.05, 3.63) is 47.9 Å². The highest BCUT2D eigenvalue weighted by Gasteiger charge is 2.26. The van der Waals surface area contributed by atoms with Gasteiger partial charge in [0, 0.05) is 24.8 Å². The number of likely N-dealkylation sites (tertiary alicyclic amines) is 1. The summed E-state index contributed by atoms with van der Waals surface area (Å²) in [6.07, 6.45) is 2.03. The number of benzene rings is 1. The van der Waals surface area contributed by atoms with E-state index in [1.807, 2.05) is 13.0 Å². The topological polar surface area (TPSA) is 71.9 Å². The van der Waals surface area contributed by atoms with E-state index in [1.165, 1.54) is 11.0 Å². The Hall–Kier alpha value is -2.83. The van der Waals surface area contributed by atoms with Crippen molar-refractivity contribution < 1.29 is 23.8 Å². The average Bonchev–Trinajstić information content (AvgIpc) is 2.65. The molecule has 0 atom stereocenters. The lowest BCUT2D eigenvalue weighted by atomic mass is 9.90. The molecule has 1 N–H and O–H groups in total. The molecule has 0 unspecified atom stereocenters. The van der Waals surface area contributed by atoms with Gasteiger partial charge in [-0.1, -0.05) is 12.1 Å². The maximum atomic E-state index is 14.3. The van der Waals surface area contributed by atoms with Crippen LogP contribution in [0.25, 0.3) is 0 Å². The molecule has 0 radical (unpaired) electrons. The van der Waals surface area contributed by atoms with Crippen molar-refractivity contribution in [3.8, 4) is 17.4 Å². The second kappa shape index (κ2) is 8.03. The van der Waals surface area contributed by atoms with Crippen molar-refractivity contribution in [3.63, 3.8) is 0 Å². The second-order valence-corrected chi connectivity index (χ2v) is 6.04. The zero-order valence-electron chi connectivity index (χ0n) is 14.5. The summed E-state index contributed by atoms with van der Waals surface area (Å²) >= 11 is 0. The average molecular weight is 360 g/mol. The van der Waals surface area contributed by atoms with Crippen molar-refractivity contribution in [1.29, 1.82) is 0 Å². The first-order valence-corrected chi connectivity index (χ1v) is 8.62. The Balaban J connectivity index is 1.84. The van der Waals surface area contributed by atoms with Crippen LogP contribution in [-0.2, 0) is 0 Å². The highest BCUT2D eigenvalue weighted by atomic mass is 19.1. The highest BCUT2D eigenvalue weighted by Crippen LogP contribution is 2.38. The Bertz CT molecular complexity index is 776. The normalized spacial score (nSPS) is 14.9. The summed E-state index contributed by atoms with van der Waals surface area (Å²) in [7, 11) is 0. The largest absolute Gasteiger partial charge is 0.490 e. The molecule has 0 saturated carbocycles. The molecular formula is C19H21FN2O4. The van der Waals surface area contributed by atoms with Gasteiger partial charge in [0.2, 0.25) is 11.6 Å². The van der Waals surface area contributed by atoms with Gasteiger partial charge in [-0.05, 0) is 43.9 Å². The van der Waals surface area contributed by atoms with Gasteiger partial charge in [0.05, 0.1) is 6.61 Å². The van der Waals surface area contributed by atoms with E-state index in [2.05, 4.69) is 4.98 Å². The van der Waals surface area contributed by atoms with Gasteiger partial charge < -0.3 is 19.5 Å². The predicted molar refractivity (Wildman–Crippen MR) is 93.5 cm³/mol. The number of para-hydroxylation sites is 1. The smallest absolute Gasteiger partial charge is 0.407 e. The molecule has 2 heterocycles. The molecule has 1 fully saturated rings. The lowest BCUT2D eigenvalue weighted by molar-refractivity contribution is 0.132. The van der Waals surface area contributed by atoms with Crippen LogP contribution in [0.15, 0.2) is 36.5 Å². The molecule has 1 aliphatic rings. The molecule has 6 nitrogen and oxygen atoms in total. The van der Waals surface area contributed by atoms with Crippen molar-refractivity contribution in [2.45, 2.75) is 25.7 Å². The first-order chi connectivity index (χ1) is 12.6. The zero-order chi connectivity index (χ0) is 18.5. The van der Waals surface area contributed by atoms with E-state index in [9.17, 15) is 9.18 Å². The van der Waals surface area contributed by atoms with Crippen molar-refractivity contribution >= 4 is 6.09 Å². The summed E-state index contributed by atoms with van der Waals surface area (Å²) in [6.45, 7) is 3.12. The van der Waals surface area contributed by atoms with E-state index in [0.29, 0.717) is 44.2 Å². The Kier molecular flexibility index (Phi) is 5.55. The minimum atomic E-state index is -0.904. The number of hydrogen-bond acceptors (Lipinski definition) is 4. The Morgan fingerprint density at radius 3 is 2.77 bits per heavy atom. The van der Waals surface area contributed by atoms with Gasteiger partial charge in [-0.25, -0.2) is 14.2 Å². The van der Waals surface area contributed by atoms with Crippen LogP contribution in [0, 0.1) is 5.82 Å². The number of halogens is 1. The van der Waals surface area contributed by atoms with Crippen molar-refractivity contribution in [2.24, 2.45) is 0 Å². The molecule has 3 rings (SSSR count). The van der Waals surface area contributed by atoms with Crippen LogP contribution in [-0.4, -0.2) is 40.8 Å². The van der Waals surface area contributed by atoms with Gasteiger partial charge >= 0.3 is 6.09 Å². The fourth-order valence-electron chi connectivity index (χ4n) is 3.13. The van der Waals surface area contributed by atoms with E-state index in [-0.39, 0.29) is 11.7 Å². The minimum absolute atomic E-state index is 0.0114. The second-order valence-electron chi connectivity index (χ2n) is 6.04. The standard InChI is InChI=1S/C19H21FN2O4/c1-2-25-16-7-3-6-15(20)17(16)26-18-14(5-4-10-21-18)13-8-11-22(12-9-13)19(23)24/h3-7,10,13H,2,8-9,11-12H2,1H3,(H,23,24). The Labute approximate surface area is 151 Å². The van der Waals surface area contributed by atoms with Crippen LogP contribution < -0.4 is 9.47 Å². The van der Waals surface area contributed by atoms with Gasteiger partial charge in [-0.15, -0.1) is 0 Å². The number of pyridine rings is 1. The molecule has 0 spiro atoms. The Morgan fingerprint density at radius 1 is 1.31 bits per heavy atom. The van der Waals surface area contributed by atoms with Crippen LogP contribution >= 0.6 is 0 Å². The van der Waals surface area contributed by atoms with E-state index < -0.39 is 11.9 Å². The fourth-order valence-corrected chi connectivity index (χ4v) is 3.13. The van der Waals surface area contributed by atoms with Crippen LogP contribution in [0.1, 0.15) is 31.2 Å². The molecule has 2 aromatic rings. The molecule has 7 heteroatoms. The van der Waals surface area contributed by atoms with E-state index in [0.717, 1.165) is 5.56 Å². The van der Waals surface area contributed by atoms with Gasteiger partial charge in [0.15, 0.2) is 11.6 Å². The number of carbonyl (C=O) groups is 1. The van der Waals surface area contributed by atoms with E-state index in [1.54, 1.807) is 24.4 Å². The molecule has 1 aromatic heterocycles. The molecule has 0 aliphatic carbocycles. The van der Waals surface area contributed by atoms with Gasteiger partial charge in [0.1, 0.15) is 0 Å². The van der Waals surface area contributed by atoms with Gasteiger partial charge in [-0.2, -0.15) is 0 Å². The number of nitrogens with zero attached hydrogens (tertiary/aromatic N) is 2. The SMILES string of the molecule is CCOc1cccc(F)c1Oc1ncccc1C1CCN(C(=O)O)CC1. The highest BCUT2D eigenvalue weighted by molar-refractivity contribution is 5.65. The monoisotopic (exact) mass is 360 g/mol. The maximum Gasteiger partial charge on any atom is 0.407 e. The third kappa shape index (κ3) is 3.87. The summed E-state index contributed by atoms with van der Waals surface area (Å²) in [6, 6.07) is 8.22. The molecule has 1 aliphatic heterocycles. The molecule has 138 valence electrons. The summed E-state index contributed by atoms with van der Waals surface area (Å²) in [4.78, 5) is 16.7. The summed E-state index contributed by atoms with van der Waals surface area (Å²) in [5.41, 5.74) is 0.850. The molecular weight excluding hydrogens is 339 g/mol. The lowest BCUT2D eigenvalue weighted by Crippen LogP contribution is -2.36. The van der Waals surface area contributed by atoms with Crippen LogP contribution in [0.2, 0.25) is 0 Å². The van der Waals surface area contributed by atoms with Crippen molar-refractivity contribution in [1.82, 2.24) is 9.88 Å². The maximum absolute atomic E-state index is 14.3. The van der Waals surface area contributed by atoms with Gasteiger partial charge in [-0.3, -0.25) is 0 Å². The van der Waals surface area contributed by atoms with Crippen LogP contribution in [0.4, 0.5) is 9.18 Å². The fraction of sp³-hybridized carbons (Fsp3) is 0.368. The molecule has 26 heavy (non-hydrogen) atoms. The minimum Gasteiger partial charge on any atom is -0.490 e. The first kappa shape index (κ1) is 18.0. The first-order valence-electron chi connectivity index (χ1n) is 8.62. The number of hydrogen-bond donors (Lipinski definition) is 1. The number of aromatic nitrogens is 1. The van der Waals surface area contributed by atoms with Crippen LogP contribution in [0.3, 0.4) is 0 Å². The summed E-state index contributed by atoms with van der Waals surface area (Å²) < 4.78 is 25.5. The molecule has 0 bridgehead atoms. The molecule has 1 amide bonds. The zero-order valence-corrected chi connectivity index (χ0v) is 14.5. The van der Waals surface area contributed by atoms with Crippen molar-refractivity contribution in [2.75, 3.05) is 19.7 Å². The van der Waals surface area contributed by atoms with E-state index in [4.69, 9.17) is 14.6 Å². The number of carboxylic acid groups (broad SMARTS) is 1. The summed E-state index contributed by atoms with van der Waals surface area (Å²) in [5, 5.41) is 9.09. The molecule has 1 aromatic carbocycles. The summed E-state index contributed by atoms with van der Waals surface area (Å²) in [5.74, 6) is 0.249. The number of ether oxygens (including phenoxy) is 2. The third-order valence-electron chi connectivity index (χ3n) is 4.44. The Morgan fingerprint density at radius 2 is 2.08 bits per heavy atom. The van der Waals surface area contributed by atoms with Crippen LogP contribution in [0.5, 0.6) is 17.4 Å².